The van der Waals surface area contributed by atoms with Crippen LogP contribution in [0.3, 0.4) is 0 Å². The van der Waals surface area contributed by atoms with E-state index in [1.807, 2.05) is 19.2 Å². The van der Waals surface area contributed by atoms with Gasteiger partial charge in [0.25, 0.3) is 0 Å². The number of rotatable bonds is 3. The Hall–Kier alpha value is -1.16. The number of anilines is 1. The first-order valence-electron chi connectivity index (χ1n) is 6.98. The van der Waals surface area contributed by atoms with Gasteiger partial charge >= 0.3 is 0 Å². The Morgan fingerprint density at radius 2 is 2.06 bits per heavy atom. The molecule has 4 nitrogen and oxygen atoms in total. The Bertz CT molecular complexity index is 406. The van der Waals surface area contributed by atoms with Crippen molar-refractivity contribution in [1.29, 1.82) is 0 Å². The van der Waals surface area contributed by atoms with Crippen molar-refractivity contribution in [1.82, 2.24) is 14.9 Å². The van der Waals surface area contributed by atoms with Crippen LogP contribution >= 0.6 is 0 Å². The van der Waals surface area contributed by atoms with Gasteiger partial charge in [-0.15, -0.1) is 0 Å². The molecule has 0 aromatic carbocycles. The quantitative estimate of drug-likeness (QED) is 0.886. The first-order valence-corrected chi connectivity index (χ1v) is 6.98. The molecule has 98 valence electrons. The number of hydrogen-bond donors (Lipinski definition) is 1. The maximum atomic E-state index is 4.39. The van der Waals surface area contributed by atoms with E-state index in [1.54, 1.807) is 0 Å². The van der Waals surface area contributed by atoms with E-state index in [0.717, 1.165) is 36.2 Å². The van der Waals surface area contributed by atoms with E-state index in [2.05, 4.69) is 27.2 Å². The summed E-state index contributed by atoms with van der Waals surface area (Å²) >= 11 is 0. The van der Waals surface area contributed by atoms with Crippen LogP contribution in [0.2, 0.25) is 0 Å². The molecule has 3 rings (SSSR count). The summed E-state index contributed by atoms with van der Waals surface area (Å²) in [7, 11) is 2.29. The molecule has 2 saturated heterocycles. The van der Waals surface area contributed by atoms with Gasteiger partial charge < -0.3 is 10.2 Å². The van der Waals surface area contributed by atoms with Crippen LogP contribution in [0.5, 0.6) is 0 Å². The molecule has 2 atom stereocenters. The van der Waals surface area contributed by atoms with Crippen molar-refractivity contribution in [3.63, 3.8) is 0 Å². The van der Waals surface area contributed by atoms with E-state index in [9.17, 15) is 0 Å². The zero-order valence-corrected chi connectivity index (χ0v) is 11.3. The Labute approximate surface area is 109 Å². The third-order valence-corrected chi connectivity index (χ3v) is 4.54. The minimum atomic E-state index is 0.779. The minimum absolute atomic E-state index is 0.779. The maximum absolute atomic E-state index is 4.39. The van der Waals surface area contributed by atoms with Crippen LogP contribution in [-0.2, 0) is 0 Å². The Morgan fingerprint density at radius 3 is 2.72 bits per heavy atom. The molecule has 2 aliphatic heterocycles. The number of aromatic nitrogens is 2. The van der Waals surface area contributed by atoms with Crippen molar-refractivity contribution in [2.24, 2.45) is 5.92 Å². The number of nitrogens with zero attached hydrogens (tertiary/aromatic N) is 3. The first kappa shape index (κ1) is 11.9. The highest BCUT2D eigenvalue weighted by atomic mass is 15.2. The Morgan fingerprint density at radius 1 is 1.33 bits per heavy atom. The van der Waals surface area contributed by atoms with E-state index in [0.29, 0.717) is 0 Å². The monoisotopic (exact) mass is 246 g/mol. The van der Waals surface area contributed by atoms with Crippen LogP contribution in [-0.4, -0.2) is 40.5 Å². The second kappa shape index (κ2) is 4.84. The number of hydrogen-bond acceptors (Lipinski definition) is 4. The molecule has 0 spiro atoms. The lowest BCUT2D eigenvalue weighted by molar-refractivity contribution is 0.139. The first-order chi connectivity index (χ1) is 8.72. The topological polar surface area (TPSA) is 41.1 Å². The third kappa shape index (κ3) is 2.34. The van der Waals surface area contributed by atoms with Crippen molar-refractivity contribution in [2.45, 2.75) is 44.7 Å². The van der Waals surface area contributed by atoms with Crippen molar-refractivity contribution >= 4 is 5.95 Å². The van der Waals surface area contributed by atoms with Gasteiger partial charge in [0, 0.05) is 30.5 Å². The molecule has 1 N–H and O–H groups in total. The third-order valence-electron chi connectivity index (χ3n) is 4.54. The zero-order valence-electron chi connectivity index (χ0n) is 11.3. The van der Waals surface area contributed by atoms with Gasteiger partial charge in [-0.2, -0.15) is 0 Å². The molecule has 18 heavy (non-hydrogen) atoms. The van der Waals surface area contributed by atoms with E-state index >= 15 is 0 Å². The molecule has 2 aliphatic rings. The summed E-state index contributed by atoms with van der Waals surface area (Å²) in [4.78, 5) is 11.2. The Balaban J connectivity index is 1.55. The fraction of sp³-hybridized carbons (Fsp3) is 0.714. The van der Waals surface area contributed by atoms with Gasteiger partial charge in [0.05, 0.1) is 0 Å². The average Bonchev–Trinajstić information content (AvgIpc) is 2.60. The van der Waals surface area contributed by atoms with Gasteiger partial charge in [-0.25, -0.2) is 9.97 Å². The largest absolute Gasteiger partial charge is 0.354 e. The average molecular weight is 246 g/mol. The van der Waals surface area contributed by atoms with E-state index in [-0.39, 0.29) is 0 Å². The van der Waals surface area contributed by atoms with Crippen LogP contribution in [0.4, 0.5) is 5.95 Å². The molecule has 0 radical (unpaired) electrons. The molecule has 2 fully saturated rings. The molecule has 0 saturated carbocycles. The van der Waals surface area contributed by atoms with Crippen LogP contribution in [0.1, 0.15) is 31.4 Å². The molecule has 1 aromatic rings. The number of piperidine rings is 1. The number of aryl methyl sites for hydroxylation is 1. The predicted octanol–water partition coefficient (Wildman–Crippen LogP) is 2.07. The smallest absolute Gasteiger partial charge is 0.222 e. The highest BCUT2D eigenvalue weighted by Crippen LogP contribution is 2.37. The standard InChI is InChI=1S/C14H22N4/c1-10-5-6-15-14(17-10)16-9-11-7-12-3-4-13(8-11)18(12)2/h5-6,11-13H,3-4,7-9H2,1-2H3,(H,15,16,17). The molecular formula is C14H22N4. The molecule has 0 aliphatic carbocycles. The number of nitrogens with one attached hydrogen (secondary N) is 1. The summed E-state index contributed by atoms with van der Waals surface area (Å²) in [6, 6.07) is 3.56. The van der Waals surface area contributed by atoms with Crippen LogP contribution in [0, 0.1) is 12.8 Å². The van der Waals surface area contributed by atoms with Crippen LogP contribution < -0.4 is 5.32 Å². The normalized spacial score (nSPS) is 31.6. The fourth-order valence-electron chi connectivity index (χ4n) is 3.46. The second-order valence-electron chi connectivity index (χ2n) is 5.79. The van der Waals surface area contributed by atoms with Crippen molar-refractivity contribution < 1.29 is 0 Å². The van der Waals surface area contributed by atoms with Gasteiger partial charge in [0.15, 0.2) is 0 Å². The van der Waals surface area contributed by atoms with Gasteiger partial charge in [-0.1, -0.05) is 0 Å². The van der Waals surface area contributed by atoms with Crippen LogP contribution in [0.25, 0.3) is 0 Å². The van der Waals surface area contributed by atoms with E-state index in [1.165, 1.54) is 25.7 Å². The lowest BCUT2D eigenvalue weighted by Gasteiger charge is -2.36. The molecule has 0 amide bonds. The molecule has 2 bridgehead atoms. The highest BCUT2D eigenvalue weighted by molar-refractivity contribution is 5.24. The summed E-state index contributed by atoms with van der Waals surface area (Å²) in [6.07, 6.45) is 7.25. The van der Waals surface area contributed by atoms with E-state index < -0.39 is 0 Å². The van der Waals surface area contributed by atoms with Crippen molar-refractivity contribution in [3.8, 4) is 0 Å². The molecule has 4 heteroatoms. The van der Waals surface area contributed by atoms with Crippen molar-refractivity contribution in [3.05, 3.63) is 18.0 Å². The fourth-order valence-corrected chi connectivity index (χ4v) is 3.46. The molecular weight excluding hydrogens is 224 g/mol. The second-order valence-corrected chi connectivity index (χ2v) is 5.79. The highest BCUT2D eigenvalue weighted by Gasteiger charge is 2.38. The summed E-state index contributed by atoms with van der Waals surface area (Å²) < 4.78 is 0. The summed E-state index contributed by atoms with van der Waals surface area (Å²) in [5.74, 6) is 1.56. The van der Waals surface area contributed by atoms with Crippen molar-refractivity contribution in [2.75, 3.05) is 18.9 Å². The van der Waals surface area contributed by atoms with Gasteiger partial charge in [0.1, 0.15) is 0 Å². The predicted molar refractivity (Wildman–Crippen MR) is 72.6 cm³/mol. The van der Waals surface area contributed by atoms with Crippen LogP contribution in [0.15, 0.2) is 12.3 Å². The Kier molecular flexibility index (Phi) is 3.20. The summed E-state index contributed by atoms with van der Waals surface area (Å²) in [6.45, 7) is 3.02. The lowest BCUT2D eigenvalue weighted by Crippen LogP contribution is -2.41. The summed E-state index contributed by atoms with van der Waals surface area (Å²) in [5.41, 5.74) is 1.02. The molecule has 1 aromatic heterocycles. The lowest BCUT2D eigenvalue weighted by atomic mass is 9.91. The summed E-state index contributed by atoms with van der Waals surface area (Å²) in [5, 5.41) is 3.40. The molecule has 3 heterocycles. The maximum Gasteiger partial charge on any atom is 0.222 e. The van der Waals surface area contributed by atoms with Gasteiger partial charge in [-0.3, -0.25) is 0 Å². The number of fused-ring (bicyclic) bond motifs is 2. The van der Waals surface area contributed by atoms with E-state index in [4.69, 9.17) is 0 Å². The van der Waals surface area contributed by atoms with Gasteiger partial charge in [-0.05, 0) is 51.6 Å². The molecule has 2 unspecified atom stereocenters. The van der Waals surface area contributed by atoms with Gasteiger partial charge in [0.2, 0.25) is 5.95 Å². The zero-order chi connectivity index (χ0) is 12.5. The SMILES string of the molecule is Cc1ccnc(NCC2CC3CCC(C2)N3C)n1. The minimum Gasteiger partial charge on any atom is -0.354 e.